The maximum absolute atomic E-state index is 14.0. The number of halogens is 2. The van der Waals surface area contributed by atoms with Crippen molar-refractivity contribution in [1.82, 2.24) is 24.6 Å². The van der Waals surface area contributed by atoms with Gasteiger partial charge in [-0.2, -0.15) is 0 Å². The summed E-state index contributed by atoms with van der Waals surface area (Å²) in [5, 5.41) is 13.4. The van der Waals surface area contributed by atoms with Gasteiger partial charge in [-0.1, -0.05) is 18.9 Å². The highest BCUT2D eigenvalue weighted by atomic mass is 19.1. The molecule has 6 rings (SSSR count). The molecule has 9 nitrogen and oxygen atoms in total. The fraction of sp³-hybridized carbons (Fsp3) is 0.552. The Kier molecular flexibility index (Phi) is 7.35. The third-order valence-corrected chi connectivity index (χ3v) is 9.09. The van der Waals surface area contributed by atoms with E-state index in [1.54, 1.807) is 0 Å². The fourth-order valence-electron chi connectivity index (χ4n) is 7.01. The van der Waals surface area contributed by atoms with Gasteiger partial charge in [0.25, 0.3) is 11.8 Å². The molecule has 1 saturated carbocycles. The number of amides is 2. The first-order valence-electron chi connectivity index (χ1n) is 14.3. The van der Waals surface area contributed by atoms with Crippen LogP contribution >= 0.6 is 0 Å². The monoisotopic (exact) mass is 555 g/mol. The highest BCUT2D eigenvalue weighted by molar-refractivity contribution is 5.99. The number of fused-ring (bicyclic) bond motifs is 4. The molecule has 2 amide bonds. The molecular formula is C29H35F2N5O4. The number of nitrogens with zero attached hydrogens (tertiary/aromatic N) is 4. The van der Waals surface area contributed by atoms with Crippen LogP contribution in [0.15, 0.2) is 29.2 Å². The van der Waals surface area contributed by atoms with Crippen molar-refractivity contribution >= 4 is 11.8 Å². The molecular weight excluding hydrogens is 520 g/mol. The van der Waals surface area contributed by atoms with Gasteiger partial charge in [0.1, 0.15) is 23.4 Å². The van der Waals surface area contributed by atoms with Crippen LogP contribution < -0.4 is 10.7 Å². The minimum absolute atomic E-state index is 0.0562. The largest absolute Gasteiger partial charge is 0.503 e. The third-order valence-electron chi connectivity index (χ3n) is 9.09. The van der Waals surface area contributed by atoms with Crippen molar-refractivity contribution in [3.63, 3.8) is 0 Å². The van der Waals surface area contributed by atoms with Gasteiger partial charge >= 0.3 is 0 Å². The number of hydrogen-bond donors (Lipinski definition) is 2. The number of nitrogens with one attached hydrogen (secondary N) is 1. The molecule has 214 valence electrons. The van der Waals surface area contributed by atoms with E-state index in [-0.39, 0.29) is 41.5 Å². The summed E-state index contributed by atoms with van der Waals surface area (Å²) in [6.07, 6.45) is 7.62. The first kappa shape index (κ1) is 26.9. The molecule has 1 aromatic carbocycles. The van der Waals surface area contributed by atoms with Crippen LogP contribution in [0.25, 0.3) is 0 Å². The number of carbonyl (C=O) groups is 2. The zero-order valence-electron chi connectivity index (χ0n) is 22.5. The van der Waals surface area contributed by atoms with Crippen LogP contribution in [0.5, 0.6) is 5.75 Å². The van der Waals surface area contributed by atoms with Gasteiger partial charge < -0.3 is 24.8 Å². The number of pyridine rings is 1. The van der Waals surface area contributed by atoms with Gasteiger partial charge in [-0.05, 0) is 50.8 Å². The van der Waals surface area contributed by atoms with E-state index in [0.29, 0.717) is 12.5 Å². The molecule has 4 aliphatic rings. The van der Waals surface area contributed by atoms with Gasteiger partial charge in [0.15, 0.2) is 11.4 Å². The van der Waals surface area contributed by atoms with Gasteiger partial charge in [0.05, 0.1) is 6.54 Å². The van der Waals surface area contributed by atoms with E-state index < -0.39 is 28.7 Å². The second-order valence-electron chi connectivity index (χ2n) is 11.5. The molecule has 0 bridgehead atoms. The van der Waals surface area contributed by atoms with Crippen LogP contribution in [0, 0.1) is 17.6 Å². The van der Waals surface area contributed by atoms with Crippen molar-refractivity contribution in [2.45, 2.75) is 63.8 Å². The Bertz CT molecular complexity index is 1370. The van der Waals surface area contributed by atoms with Crippen molar-refractivity contribution in [1.29, 1.82) is 0 Å². The fourth-order valence-corrected chi connectivity index (χ4v) is 7.01. The molecule has 2 saturated heterocycles. The van der Waals surface area contributed by atoms with E-state index >= 15 is 0 Å². The van der Waals surface area contributed by atoms with E-state index in [4.69, 9.17) is 0 Å². The Balaban J connectivity index is 1.28. The predicted octanol–water partition coefficient (Wildman–Crippen LogP) is 2.51. The number of likely N-dealkylation sites (tertiary alicyclic amines) is 1. The summed E-state index contributed by atoms with van der Waals surface area (Å²) in [5.41, 5.74) is -1.31. The van der Waals surface area contributed by atoms with Gasteiger partial charge in [-0.3, -0.25) is 19.3 Å². The lowest BCUT2D eigenvalue weighted by atomic mass is 9.80. The number of hydrogen-bond acceptors (Lipinski definition) is 6. The summed E-state index contributed by atoms with van der Waals surface area (Å²) in [6, 6.07) is 3.08. The summed E-state index contributed by atoms with van der Waals surface area (Å²) in [5.74, 6) is -3.13. The third kappa shape index (κ3) is 4.89. The van der Waals surface area contributed by atoms with E-state index in [1.807, 2.05) is 4.90 Å². The smallest absolute Gasteiger partial charge is 0.276 e. The SMILES string of the molecule is O=C(NCc1ccc(F)cc1F)c1cn2c(c(O)c1=O)C(=O)N1[C@H]3CCCCC3CN(CCN3CCCC3)[C@@H]1C2. The molecule has 1 unspecified atom stereocenters. The lowest BCUT2D eigenvalue weighted by molar-refractivity contribution is -0.0751. The van der Waals surface area contributed by atoms with Gasteiger partial charge in [0, 0.05) is 50.0 Å². The number of rotatable bonds is 6. The zero-order valence-corrected chi connectivity index (χ0v) is 22.5. The molecule has 0 radical (unpaired) electrons. The minimum atomic E-state index is -0.946. The Hall–Kier alpha value is -3.31. The average Bonchev–Trinajstić information content (AvgIpc) is 3.46. The van der Waals surface area contributed by atoms with Crippen LogP contribution in [0.3, 0.4) is 0 Å². The highest BCUT2D eigenvalue weighted by Gasteiger charge is 2.48. The van der Waals surface area contributed by atoms with E-state index in [2.05, 4.69) is 15.1 Å². The first-order valence-corrected chi connectivity index (χ1v) is 14.3. The standard InChI is InChI=1S/C29H35F2N5O4/c30-20-8-7-18(22(31)13-20)14-32-28(39)21-16-35-17-24-34(12-11-33-9-3-4-10-33)15-19-5-1-2-6-23(19)36(24)29(40)25(35)27(38)26(21)37/h7-8,13,16,19,23-24,38H,1-6,9-12,14-15,17H2,(H,32,39)/t19?,23-,24-/m0/s1. The van der Waals surface area contributed by atoms with Gasteiger partial charge in [-0.15, -0.1) is 0 Å². The molecule has 3 aliphatic heterocycles. The Morgan fingerprint density at radius 2 is 1.80 bits per heavy atom. The Labute approximate surface area is 231 Å². The van der Waals surface area contributed by atoms with Crippen LogP contribution in [-0.4, -0.2) is 81.1 Å². The maximum atomic E-state index is 14.0. The van der Waals surface area contributed by atoms with Crippen molar-refractivity contribution in [3.05, 3.63) is 63.1 Å². The molecule has 3 fully saturated rings. The summed E-state index contributed by atoms with van der Waals surface area (Å²) in [6.45, 7) is 4.86. The molecule has 3 atom stereocenters. The molecule has 2 N–H and O–H groups in total. The van der Waals surface area contributed by atoms with Crippen molar-refractivity contribution < 1.29 is 23.5 Å². The van der Waals surface area contributed by atoms with Crippen LogP contribution in [-0.2, 0) is 13.1 Å². The number of aromatic hydroxyl groups is 1. The predicted molar refractivity (Wildman–Crippen MR) is 143 cm³/mol. The quantitative estimate of drug-likeness (QED) is 0.569. The van der Waals surface area contributed by atoms with Crippen molar-refractivity contribution in [3.8, 4) is 5.75 Å². The zero-order chi connectivity index (χ0) is 28.0. The van der Waals surface area contributed by atoms with Crippen LogP contribution in [0.4, 0.5) is 8.78 Å². The second kappa shape index (κ2) is 10.9. The summed E-state index contributed by atoms with van der Waals surface area (Å²) in [7, 11) is 0. The Morgan fingerprint density at radius 1 is 1.02 bits per heavy atom. The highest BCUT2D eigenvalue weighted by Crippen LogP contribution is 2.39. The summed E-state index contributed by atoms with van der Waals surface area (Å²) >= 11 is 0. The van der Waals surface area contributed by atoms with Crippen molar-refractivity contribution in [2.24, 2.45) is 5.92 Å². The normalized spacial score (nSPS) is 24.9. The van der Waals surface area contributed by atoms with E-state index in [9.17, 15) is 28.3 Å². The molecule has 1 aliphatic carbocycles. The lowest BCUT2D eigenvalue weighted by Crippen LogP contribution is -2.68. The van der Waals surface area contributed by atoms with Crippen LogP contribution in [0.2, 0.25) is 0 Å². The lowest BCUT2D eigenvalue weighted by Gasteiger charge is -2.55. The summed E-state index contributed by atoms with van der Waals surface area (Å²) < 4.78 is 28.8. The summed E-state index contributed by atoms with van der Waals surface area (Å²) in [4.78, 5) is 46.7. The second-order valence-corrected chi connectivity index (χ2v) is 11.5. The molecule has 40 heavy (non-hydrogen) atoms. The molecule has 1 aromatic heterocycles. The first-order chi connectivity index (χ1) is 19.3. The number of aromatic nitrogens is 1. The molecule has 2 aromatic rings. The minimum Gasteiger partial charge on any atom is -0.503 e. The number of benzene rings is 1. The topological polar surface area (TPSA) is 98.1 Å². The van der Waals surface area contributed by atoms with E-state index in [0.717, 1.165) is 70.5 Å². The molecule has 4 heterocycles. The number of carbonyl (C=O) groups excluding carboxylic acids is 2. The molecule has 0 spiro atoms. The van der Waals surface area contributed by atoms with Crippen LogP contribution in [0.1, 0.15) is 64.9 Å². The van der Waals surface area contributed by atoms with E-state index in [1.165, 1.54) is 29.7 Å². The molecule has 11 heteroatoms. The van der Waals surface area contributed by atoms with Crippen molar-refractivity contribution in [2.75, 3.05) is 32.7 Å². The Morgan fingerprint density at radius 3 is 2.58 bits per heavy atom. The van der Waals surface area contributed by atoms with Gasteiger partial charge in [0.2, 0.25) is 5.43 Å². The average molecular weight is 556 g/mol. The van der Waals surface area contributed by atoms with Gasteiger partial charge in [-0.25, -0.2) is 8.78 Å². The maximum Gasteiger partial charge on any atom is 0.276 e.